The van der Waals surface area contributed by atoms with Crippen molar-refractivity contribution in [3.05, 3.63) is 72.3 Å². The maximum Gasteiger partial charge on any atom is 0.323 e. The molecule has 0 bridgehead atoms. The van der Waals surface area contributed by atoms with E-state index in [0.29, 0.717) is 29.4 Å². The van der Waals surface area contributed by atoms with E-state index in [2.05, 4.69) is 45.7 Å². The van der Waals surface area contributed by atoms with Gasteiger partial charge in [-0.05, 0) is 66.8 Å². The highest BCUT2D eigenvalue weighted by Crippen LogP contribution is 2.31. The summed E-state index contributed by atoms with van der Waals surface area (Å²) >= 11 is 1.64. The maximum atomic E-state index is 13.3. The van der Waals surface area contributed by atoms with E-state index in [-0.39, 0.29) is 11.9 Å². The molecular formula is C30H37N5O3S. The van der Waals surface area contributed by atoms with Gasteiger partial charge in [0.1, 0.15) is 5.75 Å². The van der Waals surface area contributed by atoms with Crippen LogP contribution >= 0.6 is 11.8 Å². The minimum atomic E-state index is -0.362. The molecule has 3 N–H and O–H groups in total. The number of methoxy groups -OCH3 is 1. The van der Waals surface area contributed by atoms with Gasteiger partial charge in [0, 0.05) is 54.7 Å². The minimum absolute atomic E-state index is 0.150. The van der Waals surface area contributed by atoms with Crippen molar-refractivity contribution in [1.82, 2.24) is 5.32 Å². The molecule has 3 aromatic rings. The van der Waals surface area contributed by atoms with E-state index in [9.17, 15) is 9.59 Å². The molecule has 1 saturated heterocycles. The first kappa shape index (κ1) is 28.2. The van der Waals surface area contributed by atoms with Crippen LogP contribution in [-0.2, 0) is 0 Å². The molecular weight excluding hydrogens is 510 g/mol. The molecule has 0 aliphatic carbocycles. The zero-order chi connectivity index (χ0) is 27.8. The molecule has 206 valence electrons. The molecule has 8 nitrogen and oxygen atoms in total. The smallest absolute Gasteiger partial charge is 0.323 e. The standard InChI is InChI=1S/C30H37N5O3S/c1-21(2)20-31-29(36)25-19-23(33-30(37)32-22-9-12-24(39-4)13-10-22)11-14-26(25)34-15-17-35(18-16-34)27-7-5-6-8-28(27)38-3/h5-14,19,21H,15-18,20H2,1-4H3,(H,31,36)(H2,32,33,37). The summed E-state index contributed by atoms with van der Waals surface area (Å²) in [7, 11) is 1.69. The zero-order valence-electron chi connectivity index (χ0n) is 23.0. The first-order chi connectivity index (χ1) is 18.9. The Balaban J connectivity index is 1.49. The predicted octanol–water partition coefficient (Wildman–Crippen LogP) is 5.77. The number of ether oxygens (including phenoxy) is 1. The second kappa shape index (κ2) is 13.3. The number of amides is 3. The van der Waals surface area contributed by atoms with E-state index in [1.54, 1.807) is 24.9 Å². The quantitative estimate of drug-likeness (QED) is 0.295. The highest BCUT2D eigenvalue weighted by molar-refractivity contribution is 7.98. The van der Waals surface area contributed by atoms with Crippen LogP contribution in [0.4, 0.5) is 27.5 Å². The first-order valence-corrected chi connectivity index (χ1v) is 14.4. The fourth-order valence-electron chi connectivity index (χ4n) is 4.51. The van der Waals surface area contributed by atoms with Gasteiger partial charge in [0.05, 0.1) is 18.4 Å². The highest BCUT2D eigenvalue weighted by atomic mass is 32.2. The fourth-order valence-corrected chi connectivity index (χ4v) is 4.92. The van der Waals surface area contributed by atoms with Gasteiger partial charge in [-0.15, -0.1) is 11.8 Å². The van der Waals surface area contributed by atoms with Gasteiger partial charge in [0.2, 0.25) is 0 Å². The van der Waals surface area contributed by atoms with E-state index < -0.39 is 0 Å². The lowest BCUT2D eigenvalue weighted by Gasteiger charge is -2.38. The molecule has 9 heteroatoms. The Labute approximate surface area is 235 Å². The fraction of sp³-hybridized carbons (Fsp3) is 0.333. The lowest BCUT2D eigenvalue weighted by molar-refractivity contribution is 0.0949. The van der Waals surface area contributed by atoms with Crippen molar-refractivity contribution < 1.29 is 14.3 Å². The van der Waals surface area contributed by atoms with Gasteiger partial charge >= 0.3 is 6.03 Å². The summed E-state index contributed by atoms with van der Waals surface area (Å²) in [6, 6.07) is 20.8. The number of hydrogen-bond acceptors (Lipinski definition) is 6. The number of anilines is 4. The van der Waals surface area contributed by atoms with Crippen LogP contribution in [0.1, 0.15) is 24.2 Å². The third kappa shape index (κ3) is 7.38. The number of carbonyl (C=O) groups excluding carboxylic acids is 2. The zero-order valence-corrected chi connectivity index (χ0v) is 23.8. The average Bonchev–Trinajstić information content (AvgIpc) is 2.96. The van der Waals surface area contributed by atoms with Crippen LogP contribution in [0.5, 0.6) is 5.75 Å². The molecule has 0 unspecified atom stereocenters. The van der Waals surface area contributed by atoms with E-state index in [4.69, 9.17) is 4.74 Å². The second-order valence-corrected chi connectivity index (χ2v) is 10.7. The van der Waals surface area contributed by atoms with Crippen molar-refractivity contribution >= 4 is 46.4 Å². The Bertz CT molecular complexity index is 1270. The third-order valence-corrected chi connectivity index (χ3v) is 7.31. The van der Waals surface area contributed by atoms with Gasteiger partial charge in [-0.1, -0.05) is 26.0 Å². The van der Waals surface area contributed by atoms with Crippen LogP contribution in [-0.4, -0.2) is 58.0 Å². The van der Waals surface area contributed by atoms with Gasteiger partial charge in [-0.3, -0.25) is 4.79 Å². The Kier molecular flexibility index (Phi) is 9.59. The molecule has 1 fully saturated rings. The van der Waals surface area contributed by atoms with Gasteiger partial charge < -0.3 is 30.5 Å². The van der Waals surface area contributed by atoms with Crippen molar-refractivity contribution in [3.63, 3.8) is 0 Å². The molecule has 1 aliphatic heterocycles. The number of nitrogens with zero attached hydrogens (tertiary/aromatic N) is 2. The SMILES string of the molecule is COc1ccccc1N1CCN(c2ccc(NC(=O)Nc3ccc(SC)cc3)cc2C(=O)NCC(C)C)CC1. The average molecular weight is 548 g/mol. The van der Waals surface area contributed by atoms with Crippen molar-refractivity contribution in [3.8, 4) is 5.75 Å². The van der Waals surface area contributed by atoms with Gasteiger partial charge in [-0.25, -0.2) is 4.79 Å². The third-order valence-electron chi connectivity index (χ3n) is 6.56. The van der Waals surface area contributed by atoms with Crippen molar-refractivity contribution in [1.29, 1.82) is 0 Å². The van der Waals surface area contributed by atoms with Crippen molar-refractivity contribution in [2.24, 2.45) is 5.92 Å². The van der Waals surface area contributed by atoms with E-state index in [1.165, 1.54) is 0 Å². The molecule has 4 rings (SSSR count). The summed E-state index contributed by atoms with van der Waals surface area (Å²) in [6.07, 6.45) is 2.01. The summed E-state index contributed by atoms with van der Waals surface area (Å²) in [6.45, 7) is 7.79. The lowest BCUT2D eigenvalue weighted by atomic mass is 10.1. The summed E-state index contributed by atoms with van der Waals surface area (Å²) in [5, 5.41) is 8.76. The molecule has 0 spiro atoms. The van der Waals surface area contributed by atoms with E-state index in [0.717, 1.165) is 48.2 Å². The molecule has 3 aromatic carbocycles. The number of carbonyl (C=O) groups is 2. The molecule has 0 atom stereocenters. The largest absolute Gasteiger partial charge is 0.495 e. The maximum absolute atomic E-state index is 13.3. The molecule has 0 radical (unpaired) electrons. The van der Waals surface area contributed by atoms with Crippen LogP contribution in [0.3, 0.4) is 0 Å². The Morgan fingerprint density at radius 1 is 0.872 bits per heavy atom. The van der Waals surface area contributed by atoms with Crippen LogP contribution in [0.2, 0.25) is 0 Å². The topological polar surface area (TPSA) is 85.9 Å². The van der Waals surface area contributed by atoms with Crippen molar-refractivity contribution in [2.45, 2.75) is 18.7 Å². The molecule has 0 aromatic heterocycles. The first-order valence-electron chi connectivity index (χ1n) is 13.1. The van der Waals surface area contributed by atoms with Gasteiger partial charge in [-0.2, -0.15) is 0 Å². The van der Waals surface area contributed by atoms with Gasteiger partial charge in [0.25, 0.3) is 5.91 Å². The monoisotopic (exact) mass is 547 g/mol. The van der Waals surface area contributed by atoms with E-state index >= 15 is 0 Å². The Hall–Kier alpha value is -3.85. The lowest BCUT2D eigenvalue weighted by Crippen LogP contribution is -2.47. The van der Waals surface area contributed by atoms with Crippen LogP contribution in [0.25, 0.3) is 0 Å². The number of rotatable bonds is 9. The molecule has 1 aliphatic rings. The normalized spacial score (nSPS) is 13.3. The summed E-state index contributed by atoms with van der Waals surface area (Å²) < 4.78 is 5.55. The number of benzene rings is 3. The number of piperazine rings is 1. The number of para-hydroxylation sites is 2. The number of thioether (sulfide) groups is 1. The number of nitrogens with one attached hydrogen (secondary N) is 3. The summed E-state index contributed by atoms with van der Waals surface area (Å²) in [4.78, 5) is 31.6. The van der Waals surface area contributed by atoms with Gasteiger partial charge in [0.15, 0.2) is 0 Å². The Morgan fingerprint density at radius 3 is 2.13 bits per heavy atom. The highest BCUT2D eigenvalue weighted by Gasteiger charge is 2.24. The van der Waals surface area contributed by atoms with Crippen molar-refractivity contribution in [2.75, 3.05) is 66.5 Å². The predicted molar refractivity (Wildman–Crippen MR) is 162 cm³/mol. The molecule has 0 saturated carbocycles. The van der Waals surface area contributed by atoms with E-state index in [1.807, 2.05) is 60.9 Å². The Morgan fingerprint density at radius 2 is 1.49 bits per heavy atom. The molecule has 1 heterocycles. The number of urea groups is 1. The summed E-state index contributed by atoms with van der Waals surface area (Å²) in [5.74, 6) is 1.03. The molecule has 39 heavy (non-hydrogen) atoms. The number of hydrogen-bond donors (Lipinski definition) is 3. The second-order valence-electron chi connectivity index (χ2n) is 9.79. The van der Waals surface area contributed by atoms with Crippen LogP contribution in [0, 0.1) is 5.92 Å². The van der Waals surface area contributed by atoms with Crippen LogP contribution in [0.15, 0.2) is 71.6 Å². The molecule has 3 amide bonds. The minimum Gasteiger partial charge on any atom is -0.495 e. The van der Waals surface area contributed by atoms with Crippen LogP contribution < -0.4 is 30.5 Å². The summed E-state index contributed by atoms with van der Waals surface area (Å²) in [5.41, 5.74) is 3.73.